The Morgan fingerprint density at radius 1 is 0.938 bits per heavy atom. The van der Waals surface area contributed by atoms with Gasteiger partial charge in [0.25, 0.3) is 0 Å². The summed E-state index contributed by atoms with van der Waals surface area (Å²) < 4.78 is 11.8. The lowest BCUT2D eigenvalue weighted by atomic mass is 9.95. The third-order valence-corrected chi connectivity index (χ3v) is 6.47. The van der Waals surface area contributed by atoms with Crippen LogP contribution in [0.1, 0.15) is 35.4 Å². The summed E-state index contributed by atoms with van der Waals surface area (Å²) in [6, 6.07) is 28.8. The lowest BCUT2D eigenvalue weighted by Gasteiger charge is -2.38. The standard InChI is InChI=1S/C27H21ClN2O2/c1-31-22-11-8-18(9-12-22)27-30-25(23-15-21(28)10-13-26(23)32-27)16-24(29-30)20-7-6-17-4-2-3-5-19(17)14-20/h2-15,25,27H,16H2,1H3/t25-,27+/m1/s1. The van der Waals surface area contributed by atoms with Gasteiger partial charge in [0.2, 0.25) is 6.23 Å². The Morgan fingerprint density at radius 3 is 2.56 bits per heavy atom. The molecule has 0 aromatic heterocycles. The SMILES string of the molecule is COc1ccc([C@@H]2Oc3ccc(Cl)cc3[C@H]3CC(c4ccc5ccccc5c4)=NN32)cc1. The second-order valence-electron chi connectivity index (χ2n) is 8.13. The molecule has 4 aromatic rings. The first kappa shape index (κ1) is 19.2. The summed E-state index contributed by atoms with van der Waals surface area (Å²) in [6.07, 6.45) is 0.472. The average Bonchev–Trinajstić information content (AvgIpc) is 3.29. The Kier molecular flexibility index (Phi) is 4.54. The van der Waals surface area contributed by atoms with Gasteiger partial charge in [0.15, 0.2) is 0 Å². The molecule has 158 valence electrons. The van der Waals surface area contributed by atoms with Crippen molar-refractivity contribution in [2.45, 2.75) is 18.7 Å². The summed E-state index contributed by atoms with van der Waals surface area (Å²) in [6.45, 7) is 0. The molecule has 4 aromatic carbocycles. The van der Waals surface area contributed by atoms with Crippen LogP contribution in [0.2, 0.25) is 5.02 Å². The fourth-order valence-corrected chi connectivity index (χ4v) is 4.77. The topological polar surface area (TPSA) is 34.1 Å². The fraction of sp³-hybridized carbons (Fsp3) is 0.148. The second-order valence-corrected chi connectivity index (χ2v) is 8.57. The third-order valence-electron chi connectivity index (χ3n) is 6.24. The first-order valence-electron chi connectivity index (χ1n) is 10.6. The highest BCUT2D eigenvalue weighted by atomic mass is 35.5. The van der Waals surface area contributed by atoms with Gasteiger partial charge in [-0.05, 0) is 64.9 Å². The lowest BCUT2D eigenvalue weighted by Crippen LogP contribution is -2.33. The zero-order valence-corrected chi connectivity index (χ0v) is 18.3. The van der Waals surface area contributed by atoms with Gasteiger partial charge in [-0.2, -0.15) is 5.10 Å². The van der Waals surface area contributed by atoms with E-state index in [-0.39, 0.29) is 12.3 Å². The molecular weight excluding hydrogens is 420 g/mol. The zero-order chi connectivity index (χ0) is 21.7. The molecule has 0 saturated carbocycles. The number of hydrogen-bond donors (Lipinski definition) is 0. The minimum Gasteiger partial charge on any atom is -0.497 e. The molecule has 0 amide bonds. The molecule has 0 aliphatic carbocycles. The van der Waals surface area contributed by atoms with E-state index >= 15 is 0 Å². The summed E-state index contributed by atoms with van der Waals surface area (Å²) in [7, 11) is 1.67. The number of benzene rings is 4. The minimum atomic E-state index is -0.322. The first-order chi connectivity index (χ1) is 15.7. The number of hydrazone groups is 1. The van der Waals surface area contributed by atoms with Crippen LogP contribution in [0.15, 0.2) is 90.0 Å². The Morgan fingerprint density at radius 2 is 1.75 bits per heavy atom. The molecule has 32 heavy (non-hydrogen) atoms. The molecule has 2 aliphatic heterocycles. The molecule has 0 radical (unpaired) electrons. The predicted octanol–water partition coefficient (Wildman–Crippen LogP) is 6.74. The van der Waals surface area contributed by atoms with Crippen molar-refractivity contribution in [1.29, 1.82) is 0 Å². The number of methoxy groups -OCH3 is 1. The van der Waals surface area contributed by atoms with Crippen LogP contribution < -0.4 is 9.47 Å². The van der Waals surface area contributed by atoms with Crippen molar-refractivity contribution >= 4 is 28.1 Å². The van der Waals surface area contributed by atoms with E-state index in [1.54, 1.807) is 7.11 Å². The van der Waals surface area contributed by atoms with Crippen LogP contribution in [0.25, 0.3) is 10.8 Å². The van der Waals surface area contributed by atoms with Gasteiger partial charge >= 0.3 is 0 Å². The summed E-state index contributed by atoms with van der Waals surface area (Å²) in [5, 5.41) is 10.3. The molecule has 2 heterocycles. The molecule has 5 heteroatoms. The largest absolute Gasteiger partial charge is 0.497 e. The Bertz CT molecular complexity index is 1350. The fourth-order valence-electron chi connectivity index (χ4n) is 4.59. The van der Waals surface area contributed by atoms with Crippen LogP contribution in [0.4, 0.5) is 0 Å². The number of fused-ring (bicyclic) bond motifs is 4. The number of hydrogen-bond acceptors (Lipinski definition) is 4. The van der Waals surface area contributed by atoms with E-state index in [0.29, 0.717) is 5.02 Å². The number of nitrogens with zero attached hydrogens (tertiary/aromatic N) is 2. The van der Waals surface area contributed by atoms with Crippen molar-refractivity contribution in [2.24, 2.45) is 5.10 Å². The van der Waals surface area contributed by atoms with Crippen molar-refractivity contribution < 1.29 is 9.47 Å². The molecule has 0 N–H and O–H groups in total. The van der Waals surface area contributed by atoms with E-state index in [1.165, 1.54) is 10.8 Å². The van der Waals surface area contributed by atoms with Gasteiger partial charge < -0.3 is 9.47 Å². The molecule has 2 aliphatic rings. The summed E-state index contributed by atoms with van der Waals surface area (Å²) >= 11 is 6.35. The van der Waals surface area contributed by atoms with Gasteiger partial charge in [-0.1, -0.05) is 48.0 Å². The van der Waals surface area contributed by atoms with Crippen molar-refractivity contribution in [3.63, 3.8) is 0 Å². The van der Waals surface area contributed by atoms with Gasteiger partial charge in [0.1, 0.15) is 11.5 Å². The molecule has 0 spiro atoms. The van der Waals surface area contributed by atoms with Crippen molar-refractivity contribution in [2.75, 3.05) is 7.11 Å². The van der Waals surface area contributed by atoms with Gasteiger partial charge in [0, 0.05) is 22.6 Å². The van der Waals surface area contributed by atoms with Crippen LogP contribution >= 0.6 is 11.6 Å². The molecular formula is C27H21ClN2O2. The molecule has 4 nitrogen and oxygen atoms in total. The Balaban J connectivity index is 1.44. The normalized spacial score (nSPS) is 19.2. The van der Waals surface area contributed by atoms with Gasteiger partial charge in [-0.25, -0.2) is 5.01 Å². The average molecular weight is 441 g/mol. The van der Waals surface area contributed by atoms with Crippen molar-refractivity contribution in [1.82, 2.24) is 5.01 Å². The first-order valence-corrected chi connectivity index (χ1v) is 11.0. The van der Waals surface area contributed by atoms with E-state index in [2.05, 4.69) is 47.5 Å². The van der Waals surface area contributed by atoms with E-state index in [4.69, 9.17) is 26.2 Å². The number of rotatable bonds is 3. The zero-order valence-electron chi connectivity index (χ0n) is 17.5. The van der Waals surface area contributed by atoms with Gasteiger partial charge in [0.05, 0.1) is 18.9 Å². The van der Waals surface area contributed by atoms with E-state index in [0.717, 1.165) is 40.3 Å². The van der Waals surface area contributed by atoms with E-state index in [1.807, 2.05) is 42.5 Å². The van der Waals surface area contributed by atoms with Crippen LogP contribution in [-0.2, 0) is 0 Å². The molecule has 0 saturated heterocycles. The highest BCUT2D eigenvalue weighted by Crippen LogP contribution is 2.48. The number of ether oxygens (including phenoxy) is 2. The molecule has 0 bridgehead atoms. The maximum Gasteiger partial charge on any atom is 0.213 e. The van der Waals surface area contributed by atoms with Crippen LogP contribution in [-0.4, -0.2) is 17.8 Å². The highest BCUT2D eigenvalue weighted by Gasteiger charge is 2.41. The quantitative estimate of drug-likeness (QED) is 0.353. The smallest absolute Gasteiger partial charge is 0.213 e. The van der Waals surface area contributed by atoms with Gasteiger partial charge in [-0.3, -0.25) is 0 Å². The van der Waals surface area contributed by atoms with E-state index < -0.39 is 0 Å². The minimum absolute atomic E-state index is 0.0611. The van der Waals surface area contributed by atoms with Crippen LogP contribution in [0, 0.1) is 0 Å². The van der Waals surface area contributed by atoms with E-state index in [9.17, 15) is 0 Å². The third kappa shape index (κ3) is 3.19. The van der Waals surface area contributed by atoms with Crippen molar-refractivity contribution in [3.8, 4) is 11.5 Å². The molecule has 0 unspecified atom stereocenters. The maximum atomic E-state index is 6.43. The van der Waals surface area contributed by atoms with Crippen molar-refractivity contribution in [3.05, 3.63) is 107 Å². The predicted molar refractivity (Wildman–Crippen MR) is 127 cm³/mol. The maximum absolute atomic E-state index is 6.43. The molecule has 2 atom stereocenters. The lowest BCUT2D eigenvalue weighted by molar-refractivity contribution is -0.0190. The number of halogens is 1. The Labute approximate surface area is 191 Å². The van der Waals surface area contributed by atoms with Crippen LogP contribution in [0.5, 0.6) is 11.5 Å². The van der Waals surface area contributed by atoms with Gasteiger partial charge in [-0.15, -0.1) is 0 Å². The molecule has 0 fully saturated rings. The summed E-state index contributed by atoms with van der Waals surface area (Å²) in [4.78, 5) is 0. The summed E-state index contributed by atoms with van der Waals surface area (Å²) in [5.41, 5.74) is 4.28. The Hall–Kier alpha value is -3.50. The second kappa shape index (κ2) is 7.57. The molecule has 6 rings (SSSR count). The monoisotopic (exact) mass is 440 g/mol. The van der Waals surface area contributed by atoms with Crippen LogP contribution in [0.3, 0.4) is 0 Å². The summed E-state index contributed by atoms with van der Waals surface area (Å²) in [5.74, 6) is 1.67. The highest BCUT2D eigenvalue weighted by molar-refractivity contribution is 6.30.